The van der Waals surface area contributed by atoms with E-state index in [4.69, 9.17) is 24.5 Å². The molecule has 11 nitrogen and oxygen atoms in total. The third-order valence-electron chi connectivity index (χ3n) is 6.20. The standard InChI is InChI=1S/C18H27N5O2.2C2HF3O2/c1-22-10-5-13(6-11-22)21-17(24)16-4-3-14-15(25-16)7-12-23(14)18-19-8-2-9-20-18;2*3-2(4,5)1(6)7/h2,8-9,13-16H,3-7,10-12H2,1H3,(H,21,24);2*(H,6,7)/t14-,15-,16-;;/m1../s1. The van der Waals surface area contributed by atoms with Crippen molar-refractivity contribution in [3.05, 3.63) is 18.5 Å². The topological polar surface area (TPSA) is 145 Å². The molecule has 0 radical (unpaired) electrons. The van der Waals surface area contributed by atoms with Crippen LogP contribution in [0.4, 0.5) is 32.3 Å². The zero-order valence-corrected chi connectivity index (χ0v) is 20.8. The van der Waals surface area contributed by atoms with Crippen LogP contribution >= 0.6 is 0 Å². The molecule has 0 aromatic carbocycles. The number of carbonyl (C=O) groups excluding carboxylic acids is 1. The van der Waals surface area contributed by atoms with E-state index in [0.717, 1.165) is 57.7 Å². The zero-order chi connectivity index (χ0) is 29.4. The third kappa shape index (κ3) is 10.1. The SMILES string of the molecule is CN1CCC(NC(=O)[C@H]2CC[C@@H]3[C@@H](CCN3c3ncccn3)O2)CC1.O=C(O)C(F)(F)F.O=C(O)C(F)(F)F. The van der Waals surface area contributed by atoms with E-state index in [0.29, 0.717) is 6.04 Å². The van der Waals surface area contributed by atoms with Gasteiger partial charge < -0.3 is 30.1 Å². The average Bonchev–Trinajstić information content (AvgIpc) is 3.29. The number of halogens is 6. The van der Waals surface area contributed by atoms with E-state index in [-0.39, 0.29) is 24.2 Å². The van der Waals surface area contributed by atoms with Crippen LogP contribution in [-0.2, 0) is 19.1 Å². The lowest BCUT2D eigenvalue weighted by Gasteiger charge is -2.36. The lowest BCUT2D eigenvalue weighted by molar-refractivity contribution is -0.193. The number of ether oxygens (including phenoxy) is 1. The molecule has 1 amide bonds. The van der Waals surface area contributed by atoms with Gasteiger partial charge in [0.2, 0.25) is 11.9 Å². The van der Waals surface area contributed by atoms with E-state index in [1.807, 2.05) is 6.07 Å². The normalized spacial score (nSPS) is 23.9. The highest BCUT2D eigenvalue weighted by Crippen LogP contribution is 2.33. The molecule has 3 N–H and O–H groups in total. The van der Waals surface area contributed by atoms with Gasteiger partial charge in [0.05, 0.1) is 12.1 Å². The van der Waals surface area contributed by atoms with Gasteiger partial charge in [-0.2, -0.15) is 26.3 Å². The number of piperidine rings is 1. The molecule has 3 saturated heterocycles. The molecule has 39 heavy (non-hydrogen) atoms. The number of hydrogen-bond donors (Lipinski definition) is 3. The van der Waals surface area contributed by atoms with Crippen molar-refractivity contribution in [3.8, 4) is 0 Å². The summed E-state index contributed by atoms with van der Waals surface area (Å²) in [4.78, 5) is 43.7. The number of anilines is 1. The summed E-state index contributed by atoms with van der Waals surface area (Å²) in [5.74, 6) is -4.67. The predicted octanol–water partition coefficient (Wildman–Crippen LogP) is 2.08. The van der Waals surface area contributed by atoms with Crippen LogP contribution in [0.3, 0.4) is 0 Å². The summed E-state index contributed by atoms with van der Waals surface area (Å²) >= 11 is 0. The molecule has 4 rings (SSSR count). The number of carbonyl (C=O) groups is 3. The number of aromatic nitrogens is 2. The fourth-order valence-electron chi connectivity index (χ4n) is 4.25. The molecule has 0 saturated carbocycles. The molecule has 0 unspecified atom stereocenters. The molecule has 3 fully saturated rings. The zero-order valence-electron chi connectivity index (χ0n) is 20.8. The number of carboxylic acids is 2. The second kappa shape index (κ2) is 13.7. The Balaban J connectivity index is 0.000000317. The number of likely N-dealkylation sites (tertiary alicyclic amines) is 1. The number of alkyl halides is 6. The molecule has 3 aliphatic rings. The number of nitrogens with zero attached hydrogens (tertiary/aromatic N) is 4. The van der Waals surface area contributed by atoms with Crippen LogP contribution < -0.4 is 10.2 Å². The maximum absolute atomic E-state index is 12.6. The van der Waals surface area contributed by atoms with Gasteiger partial charge in [-0.3, -0.25) is 4.79 Å². The number of hydrogen-bond acceptors (Lipinski definition) is 8. The monoisotopic (exact) mass is 573 g/mol. The smallest absolute Gasteiger partial charge is 0.475 e. The van der Waals surface area contributed by atoms with Gasteiger partial charge in [0.15, 0.2) is 0 Å². The van der Waals surface area contributed by atoms with Gasteiger partial charge >= 0.3 is 24.3 Å². The van der Waals surface area contributed by atoms with Gasteiger partial charge in [0.1, 0.15) is 6.10 Å². The van der Waals surface area contributed by atoms with Crippen LogP contribution in [0.2, 0.25) is 0 Å². The van der Waals surface area contributed by atoms with Crippen molar-refractivity contribution in [3.63, 3.8) is 0 Å². The lowest BCUT2D eigenvalue weighted by Crippen LogP contribution is -2.51. The summed E-state index contributed by atoms with van der Waals surface area (Å²) in [6, 6.07) is 2.41. The highest BCUT2D eigenvalue weighted by Gasteiger charge is 2.43. The van der Waals surface area contributed by atoms with Gasteiger partial charge in [-0.05, 0) is 58.3 Å². The molecule has 0 spiro atoms. The van der Waals surface area contributed by atoms with Gasteiger partial charge in [-0.25, -0.2) is 19.6 Å². The van der Waals surface area contributed by atoms with Crippen LogP contribution in [0.15, 0.2) is 18.5 Å². The second-order valence-corrected chi connectivity index (χ2v) is 9.03. The summed E-state index contributed by atoms with van der Waals surface area (Å²) in [6.45, 7) is 2.99. The van der Waals surface area contributed by atoms with Crippen LogP contribution in [-0.4, -0.2) is 106 Å². The Morgan fingerprint density at radius 1 is 0.897 bits per heavy atom. The Morgan fingerprint density at radius 2 is 1.41 bits per heavy atom. The Bertz CT molecular complexity index is 935. The average molecular weight is 573 g/mol. The first kappa shape index (κ1) is 32.0. The van der Waals surface area contributed by atoms with E-state index in [2.05, 4.69) is 32.1 Å². The van der Waals surface area contributed by atoms with E-state index in [1.54, 1.807) is 12.4 Å². The van der Waals surface area contributed by atoms with Crippen LogP contribution in [0.25, 0.3) is 0 Å². The van der Waals surface area contributed by atoms with E-state index < -0.39 is 24.3 Å². The van der Waals surface area contributed by atoms with Crippen molar-refractivity contribution < 1.29 is 55.7 Å². The van der Waals surface area contributed by atoms with Gasteiger partial charge in [-0.1, -0.05) is 0 Å². The molecule has 17 heteroatoms. The predicted molar refractivity (Wildman–Crippen MR) is 122 cm³/mol. The first-order valence-electron chi connectivity index (χ1n) is 11.9. The van der Waals surface area contributed by atoms with Crippen molar-refractivity contribution in [2.75, 3.05) is 31.6 Å². The van der Waals surface area contributed by atoms with Gasteiger partial charge in [0.25, 0.3) is 0 Å². The number of carboxylic acid groups (broad SMARTS) is 2. The van der Waals surface area contributed by atoms with E-state index in [1.165, 1.54) is 0 Å². The van der Waals surface area contributed by atoms with Crippen LogP contribution in [0.1, 0.15) is 32.1 Å². The maximum Gasteiger partial charge on any atom is 0.490 e. The fraction of sp³-hybridized carbons (Fsp3) is 0.682. The fourth-order valence-corrected chi connectivity index (χ4v) is 4.25. The summed E-state index contributed by atoms with van der Waals surface area (Å²) < 4.78 is 69.6. The van der Waals surface area contributed by atoms with E-state index in [9.17, 15) is 31.1 Å². The van der Waals surface area contributed by atoms with Crippen molar-refractivity contribution in [2.45, 2.75) is 68.7 Å². The van der Waals surface area contributed by atoms with Gasteiger partial charge in [0, 0.05) is 25.0 Å². The highest BCUT2D eigenvalue weighted by atomic mass is 19.4. The minimum Gasteiger partial charge on any atom is -0.475 e. The maximum atomic E-state index is 12.6. The number of rotatable bonds is 3. The lowest BCUT2D eigenvalue weighted by atomic mass is 9.98. The second-order valence-electron chi connectivity index (χ2n) is 9.03. The third-order valence-corrected chi connectivity index (χ3v) is 6.20. The Morgan fingerprint density at radius 3 is 1.90 bits per heavy atom. The van der Waals surface area contributed by atoms with Crippen molar-refractivity contribution in [1.82, 2.24) is 20.2 Å². The van der Waals surface area contributed by atoms with Crippen molar-refractivity contribution in [2.24, 2.45) is 0 Å². The van der Waals surface area contributed by atoms with Crippen LogP contribution in [0, 0.1) is 0 Å². The molecule has 0 bridgehead atoms. The van der Waals surface area contributed by atoms with Crippen molar-refractivity contribution >= 4 is 23.8 Å². The van der Waals surface area contributed by atoms with Gasteiger partial charge in [-0.15, -0.1) is 0 Å². The molecule has 1 aromatic heterocycles. The molecular weight excluding hydrogens is 544 g/mol. The largest absolute Gasteiger partial charge is 0.490 e. The number of nitrogens with one attached hydrogen (secondary N) is 1. The summed E-state index contributed by atoms with van der Waals surface area (Å²) in [6.07, 6.45) is -2.12. The molecule has 4 heterocycles. The number of amides is 1. The Labute approximate surface area is 219 Å². The van der Waals surface area contributed by atoms with Crippen LogP contribution in [0.5, 0.6) is 0 Å². The molecular formula is C22H29F6N5O6. The number of fused-ring (bicyclic) bond motifs is 1. The first-order chi connectivity index (χ1) is 18.1. The molecule has 1 aromatic rings. The quantitative estimate of drug-likeness (QED) is 0.460. The highest BCUT2D eigenvalue weighted by molar-refractivity contribution is 5.81. The molecule has 3 atom stereocenters. The summed E-state index contributed by atoms with van der Waals surface area (Å²) in [5, 5.41) is 17.5. The van der Waals surface area contributed by atoms with E-state index >= 15 is 0 Å². The minimum absolute atomic E-state index is 0.0717. The Hall–Kier alpha value is -3.21. The summed E-state index contributed by atoms with van der Waals surface area (Å²) in [5.41, 5.74) is 0. The Kier molecular flexibility index (Phi) is 11.3. The molecule has 220 valence electrons. The minimum atomic E-state index is -5.08. The molecule has 3 aliphatic heterocycles. The van der Waals surface area contributed by atoms with Crippen molar-refractivity contribution in [1.29, 1.82) is 0 Å². The molecule has 0 aliphatic carbocycles. The summed E-state index contributed by atoms with van der Waals surface area (Å²) in [7, 11) is 2.13. The first-order valence-corrected chi connectivity index (χ1v) is 11.9. The number of aliphatic carboxylic acids is 2.